The summed E-state index contributed by atoms with van der Waals surface area (Å²) < 4.78 is 5.14. The van der Waals surface area contributed by atoms with Gasteiger partial charge >= 0.3 is 5.97 Å². The highest BCUT2D eigenvalue weighted by molar-refractivity contribution is 5.86. The van der Waals surface area contributed by atoms with Gasteiger partial charge in [-0.25, -0.2) is 0 Å². The first-order chi connectivity index (χ1) is 9.16. The third-order valence-electron chi connectivity index (χ3n) is 3.13. The lowest BCUT2D eigenvalue weighted by molar-refractivity contribution is -0.151. The van der Waals surface area contributed by atoms with E-state index < -0.39 is 12.0 Å². The molecule has 1 saturated heterocycles. The molecule has 2 N–H and O–H groups in total. The molecule has 0 aromatic heterocycles. The van der Waals surface area contributed by atoms with Crippen molar-refractivity contribution in [2.24, 2.45) is 5.73 Å². The summed E-state index contributed by atoms with van der Waals surface area (Å²) in [4.78, 5) is 24.9. The molecular weight excluding hydrogens is 280 g/mol. The van der Waals surface area contributed by atoms with E-state index in [9.17, 15) is 9.59 Å². The highest BCUT2D eigenvalue weighted by Crippen LogP contribution is 2.10. The lowest BCUT2D eigenvalue weighted by Gasteiger charge is -2.29. The molecule has 0 aliphatic carbocycles. The minimum absolute atomic E-state index is 0. The predicted octanol–water partition coefficient (Wildman–Crippen LogP) is 1.10. The zero-order chi connectivity index (χ0) is 13.7. The van der Waals surface area contributed by atoms with E-state index in [0.717, 1.165) is 12.0 Å². The summed E-state index contributed by atoms with van der Waals surface area (Å²) in [5, 5.41) is 0. The number of carbonyl (C=O) groups is 2. The molecule has 1 amide bonds. The van der Waals surface area contributed by atoms with E-state index in [-0.39, 0.29) is 31.5 Å². The number of piperidine rings is 1. The molecule has 110 valence electrons. The topological polar surface area (TPSA) is 72.6 Å². The summed E-state index contributed by atoms with van der Waals surface area (Å²) in [6.45, 7) is 0.792. The third-order valence-corrected chi connectivity index (χ3v) is 3.13. The number of nitrogens with zero attached hydrogens (tertiary/aromatic N) is 1. The molecule has 2 rings (SSSR count). The second-order valence-electron chi connectivity index (χ2n) is 4.65. The van der Waals surface area contributed by atoms with Crippen molar-refractivity contribution in [3.05, 3.63) is 35.9 Å². The molecule has 0 spiro atoms. The first kappa shape index (κ1) is 16.5. The van der Waals surface area contributed by atoms with E-state index in [0.29, 0.717) is 13.0 Å². The van der Waals surface area contributed by atoms with Gasteiger partial charge in [0.15, 0.2) is 0 Å². The van der Waals surface area contributed by atoms with Gasteiger partial charge in [0.05, 0.1) is 6.04 Å². The molecule has 1 aromatic rings. The zero-order valence-corrected chi connectivity index (χ0v) is 12.0. The summed E-state index contributed by atoms with van der Waals surface area (Å²) in [6, 6.07) is 8.96. The van der Waals surface area contributed by atoms with Crippen LogP contribution in [0.4, 0.5) is 0 Å². The van der Waals surface area contributed by atoms with Crippen molar-refractivity contribution in [3.63, 3.8) is 0 Å². The highest BCUT2D eigenvalue weighted by Gasteiger charge is 2.27. The Labute approximate surface area is 124 Å². The first-order valence-corrected chi connectivity index (χ1v) is 6.41. The second kappa shape index (κ2) is 7.87. The first-order valence-electron chi connectivity index (χ1n) is 6.41. The zero-order valence-electron chi connectivity index (χ0n) is 11.2. The van der Waals surface area contributed by atoms with Gasteiger partial charge in [-0.3, -0.25) is 9.59 Å². The molecule has 1 aliphatic heterocycles. The number of ether oxygens (including phenoxy) is 1. The minimum atomic E-state index is -0.476. The number of halogens is 1. The fourth-order valence-corrected chi connectivity index (χ4v) is 2.07. The van der Waals surface area contributed by atoms with E-state index >= 15 is 0 Å². The van der Waals surface area contributed by atoms with Crippen molar-refractivity contribution in [2.45, 2.75) is 25.5 Å². The third kappa shape index (κ3) is 4.51. The number of likely N-dealkylation sites (tertiary alicyclic amines) is 1. The van der Waals surface area contributed by atoms with Gasteiger partial charge in [-0.2, -0.15) is 0 Å². The maximum atomic E-state index is 11.7. The maximum Gasteiger partial charge on any atom is 0.325 e. The monoisotopic (exact) mass is 298 g/mol. The summed E-state index contributed by atoms with van der Waals surface area (Å²) in [7, 11) is 0. The average Bonchev–Trinajstić information content (AvgIpc) is 2.43. The Balaban J connectivity index is 0.00000200. The number of hydrogen-bond donors (Lipinski definition) is 1. The quantitative estimate of drug-likeness (QED) is 0.845. The highest BCUT2D eigenvalue weighted by atomic mass is 35.5. The van der Waals surface area contributed by atoms with Crippen LogP contribution in [0, 0.1) is 0 Å². The Morgan fingerprint density at radius 2 is 2.05 bits per heavy atom. The lowest BCUT2D eigenvalue weighted by Crippen LogP contribution is -2.50. The molecule has 1 heterocycles. The summed E-state index contributed by atoms with van der Waals surface area (Å²) in [5.41, 5.74) is 6.59. The van der Waals surface area contributed by atoms with E-state index in [4.69, 9.17) is 10.5 Å². The van der Waals surface area contributed by atoms with Gasteiger partial charge in [-0.1, -0.05) is 30.3 Å². The molecular formula is C14H19ClN2O3. The Morgan fingerprint density at radius 3 is 2.75 bits per heavy atom. The SMILES string of the molecule is Cl.N[C@@H]1CCCN(CC(=O)OCc2ccccc2)C1=O. The molecule has 1 atom stereocenters. The van der Waals surface area contributed by atoms with Crippen LogP contribution in [0.25, 0.3) is 0 Å². The van der Waals surface area contributed by atoms with Crippen LogP contribution in [0.5, 0.6) is 0 Å². The van der Waals surface area contributed by atoms with Gasteiger partial charge in [-0.05, 0) is 18.4 Å². The number of amides is 1. The van der Waals surface area contributed by atoms with Gasteiger partial charge in [-0.15, -0.1) is 12.4 Å². The molecule has 1 aromatic carbocycles. The molecule has 1 aliphatic rings. The second-order valence-corrected chi connectivity index (χ2v) is 4.65. The van der Waals surface area contributed by atoms with Gasteiger partial charge in [0.25, 0.3) is 0 Å². The number of carbonyl (C=O) groups excluding carboxylic acids is 2. The maximum absolute atomic E-state index is 11.7. The van der Waals surface area contributed by atoms with Crippen LogP contribution in [0.2, 0.25) is 0 Å². The van der Waals surface area contributed by atoms with Crippen LogP contribution in [0.1, 0.15) is 18.4 Å². The molecule has 0 unspecified atom stereocenters. The number of rotatable bonds is 4. The summed E-state index contributed by atoms with van der Waals surface area (Å²) >= 11 is 0. The largest absolute Gasteiger partial charge is 0.459 e. The molecule has 0 radical (unpaired) electrons. The van der Waals surface area contributed by atoms with Crippen molar-refractivity contribution in [2.75, 3.05) is 13.1 Å². The Bertz CT molecular complexity index is 453. The van der Waals surface area contributed by atoms with E-state index in [2.05, 4.69) is 0 Å². The van der Waals surface area contributed by atoms with Gasteiger partial charge in [0.1, 0.15) is 13.2 Å². The van der Waals surface area contributed by atoms with Crippen LogP contribution in [-0.4, -0.2) is 35.9 Å². The number of esters is 1. The van der Waals surface area contributed by atoms with Crippen molar-refractivity contribution in [3.8, 4) is 0 Å². The molecule has 20 heavy (non-hydrogen) atoms. The van der Waals surface area contributed by atoms with Crippen LogP contribution in [-0.2, 0) is 20.9 Å². The minimum Gasteiger partial charge on any atom is -0.459 e. The molecule has 6 heteroatoms. The normalized spacial score (nSPS) is 18.4. The Morgan fingerprint density at radius 1 is 1.35 bits per heavy atom. The number of benzene rings is 1. The fourth-order valence-electron chi connectivity index (χ4n) is 2.07. The molecule has 0 bridgehead atoms. The van der Waals surface area contributed by atoms with Gasteiger partial charge in [0, 0.05) is 6.54 Å². The summed E-state index contributed by atoms with van der Waals surface area (Å²) in [6.07, 6.45) is 1.52. The molecule has 0 saturated carbocycles. The van der Waals surface area contributed by atoms with Crippen molar-refractivity contribution in [1.29, 1.82) is 0 Å². The van der Waals surface area contributed by atoms with Crippen LogP contribution < -0.4 is 5.73 Å². The van der Waals surface area contributed by atoms with Crippen LogP contribution in [0.3, 0.4) is 0 Å². The lowest BCUT2D eigenvalue weighted by atomic mass is 10.1. The van der Waals surface area contributed by atoms with Gasteiger partial charge < -0.3 is 15.4 Å². The smallest absolute Gasteiger partial charge is 0.325 e. The molecule has 1 fully saturated rings. The molecule has 5 nitrogen and oxygen atoms in total. The standard InChI is InChI=1S/C14H18N2O3.ClH/c15-12-7-4-8-16(14(12)18)9-13(17)19-10-11-5-2-1-3-6-11;/h1-3,5-6,12H,4,7-10,15H2;1H/t12-;/m1./s1. The Kier molecular flexibility index (Phi) is 6.48. The van der Waals surface area contributed by atoms with Crippen molar-refractivity contribution >= 4 is 24.3 Å². The van der Waals surface area contributed by atoms with Gasteiger partial charge in [0.2, 0.25) is 5.91 Å². The van der Waals surface area contributed by atoms with Crippen LogP contribution in [0.15, 0.2) is 30.3 Å². The van der Waals surface area contributed by atoms with Crippen molar-refractivity contribution in [1.82, 2.24) is 4.90 Å². The number of nitrogens with two attached hydrogens (primary N) is 1. The summed E-state index contributed by atoms with van der Waals surface area (Å²) in [5.74, 6) is -0.561. The average molecular weight is 299 g/mol. The van der Waals surface area contributed by atoms with E-state index in [1.54, 1.807) is 0 Å². The van der Waals surface area contributed by atoms with E-state index in [1.807, 2.05) is 30.3 Å². The fraction of sp³-hybridized carbons (Fsp3) is 0.429. The van der Waals surface area contributed by atoms with Crippen LogP contribution >= 0.6 is 12.4 Å². The van der Waals surface area contributed by atoms with Crippen molar-refractivity contribution < 1.29 is 14.3 Å². The predicted molar refractivity (Wildman–Crippen MR) is 77.3 cm³/mol. The van der Waals surface area contributed by atoms with E-state index in [1.165, 1.54) is 4.90 Å². The number of hydrogen-bond acceptors (Lipinski definition) is 4. The Hall–Kier alpha value is -1.59.